The van der Waals surface area contributed by atoms with Crippen molar-refractivity contribution in [2.24, 2.45) is 0 Å². The van der Waals surface area contributed by atoms with Crippen LogP contribution in [0.5, 0.6) is 5.75 Å². The fourth-order valence-corrected chi connectivity index (χ4v) is 2.68. The van der Waals surface area contributed by atoms with Crippen LogP contribution in [-0.4, -0.2) is 11.6 Å². The largest absolute Gasteiger partial charge is 0.429 e. The molecule has 1 aromatic carbocycles. The first-order chi connectivity index (χ1) is 8.55. The van der Waals surface area contributed by atoms with Crippen molar-refractivity contribution in [2.45, 2.75) is 0 Å². The third kappa shape index (κ3) is 3.76. The minimum atomic E-state index is -2.98. The Balaban J connectivity index is 2.08. The summed E-state index contributed by atoms with van der Waals surface area (Å²) in [4.78, 5) is 3.93. The molecule has 6 heteroatoms. The van der Waals surface area contributed by atoms with Gasteiger partial charge >= 0.3 is 7.52 Å². The molecule has 0 saturated carbocycles. The van der Waals surface area contributed by atoms with E-state index in [0.29, 0.717) is 16.5 Å². The summed E-state index contributed by atoms with van der Waals surface area (Å²) in [5.74, 6) is 0.502. The number of anilines is 1. The Hall–Kier alpha value is -1.51. The lowest BCUT2D eigenvalue weighted by Gasteiger charge is -2.17. The molecule has 0 spiro atoms. The molecule has 0 aliphatic rings. The van der Waals surface area contributed by atoms with Crippen molar-refractivity contribution in [3.8, 4) is 5.75 Å². The summed E-state index contributed by atoms with van der Waals surface area (Å²) in [6.07, 6.45) is 3.23. The van der Waals surface area contributed by atoms with Crippen molar-refractivity contribution in [2.75, 3.05) is 11.8 Å². The van der Waals surface area contributed by atoms with E-state index in [-0.39, 0.29) is 0 Å². The molecular weight excluding hydrogens is 271 g/mol. The average molecular weight is 283 g/mol. The minimum absolute atomic E-state index is 0.502. The maximum atomic E-state index is 12.2. The molecule has 0 radical (unpaired) electrons. The fraction of sp³-hybridized carbons (Fsp3) is 0.0833. The Morgan fingerprint density at radius 1 is 1.28 bits per heavy atom. The summed E-state index contributed by atoms with van der Waals surface area (Å²) < 4.78 is 17.7. The van der Waals surface area contributed by atoms with Gasteiger partial charge in [-0.1, -0.05) is 11.6 Å². The molecule has 4 nitrogen and oxygen atoms in total. The molecular formula is C12H12ClN2O2P. The summed E-state index contributed by atoms with van der Waals surface area (Å²) in [6, 6.07) is 10.2. The standard InChI is InChI=1S/C12H12ClN2O2P/c1-18(16,15-11-3-2-8-14-9-11)17-12-6-4-10(13)5-7-12/h2-9H,1H3,(H,15,16)/t18-/m1/s1. The van der Waals surface area contributed by atoms with Crippen LogP contribution in [-0.2, 0) is 4.57 Å². The first-order valence-electron chi connectivity index (χ1n) is 5.26. The van der Waals surface area contributed by atoms with Crippen LogP contribution in [0.25, 0.3) is 0 Å². The Labute approximate surface area is 110 Å². The second-order valence-corrected chi connectivity index (χ2v) is 6.28. The van der Waals surface area contributed by atoms with E-state index in [2.05, 4.69) is 10.1 Å². The van der Waals surface area contributed by atoms with Gasteiger partial charge in [0.1, 0.15) is 5.75 Å². The van der Waals surface area contributed by atoms with Crippen molar-refractivity contribution < 1.29 is 9.09 Å². The van der Waals surface area contributed by atoms with Crippen LogP contribution in [0.15, 0.2) is 48.8 Å². The number of benzene rings is 1. The van der Waals surface area contributed by atoms with E-state index in [1.165, 1.54) is 6.66 Å². The molecule has 1 aromatic heterocycles. The van der Waals surface area contributed by atoms with Crippen molar-refractivity contribution >= 4 is 24.8 Å². The topological polar surface area (TPSA) is 51.2 Å². The molecule has 0 bridgehead atoms. The molecule has 0 amide bonds. The molecule has 94 valence electrons. The van der Waals surface area contributed by atoms with Gasteiger partial charge in [-0.05, 0) is 36.4 Å². The highest BCUT2D eigenvalue weighted by atomic mass is 35.5. The van der Waals surface area contributed by atoms with E-state index >= 15 is 0 Å². The Morgan fingerprint density at radius 2 is 2.00 bits per heavy atom. The van der Waals surface area contributed by atoms with Crippen molar-refractivity contribution in [3.63, 3.8) is 0 Å². The minimum Gasteiger partial charge on any atom is -0.429 e. The lowest BCUT2D eigenvalue weighted by atomic mass is 10.3. The maximum Gasteiger partial charge on any atom is 0.338 e. The number of nitrogens with one attached hydrogen (secondary N) is 1. The molecule has 2 rings (SSSR count). The van der Waals surface area contributed by atoms with Gasteiger partial charge in [-0.2, -0.15) is 0 Å². The van der Waals surface area contributed by atoms with Crippen LogP contribution < -0.4 is 9.61 Å². The monoisotopic (exact) mass is 282 g/mol. The van der Waals surface area contributed by atoms with Crippen LogP contribution >= 0.6 is 19.1 Å². The number of pyridine rings is 1. The predicted molar refractivity (Wildman–Crippen MR) is 73.5 cm³/mol. The summed E-state index contributed by atoms with van der Waals surface area (Å²) in [5.41, 5.74) is 0.650. The fourth-order valence-electron chi connectivity index (χ4n) is 1.38. The van der Waals surface area contributed by atoms with Crippen molar-refractivity contribution in [1.82, 2.24) is 4.98 Å². The number of nitrogens with zero attached hydrogens (tertiary/aromatic N) is 1. The van der Waals surface area contributed by atoms with Gasteiger partial charge in [0.25, 0.3) is 0 Å². The molecule has 1 atom stereocenters. The van der Waals surface area contributed by atoms with E-state index in [1.54, 1.807) is 48.8 Å². The van der Waals surface area contributed by atoms with E-state index in [1.807, 2.05) is 0 Å². The first kappa shape index (κ1) is 12.9. The van der Waals surface area contributed by atoms with Gasteiger partial charge in [0.2, 0.25) is 0 Å². The van der Waals surface area contributed by atoms with Gasteiger partial charge in [-0.15, -0.1) is 0 Å². The van der Waals surface area contributed by atoms with Crippen LogP contribution in [0, 0.1) is 0 Å². The number of rotatable bonds is 4. The molecule has 0 aliphatic carbocycles. The predicted octanol–water partition coefficient (Wildman–Crippen LogP) is 4.05. The first-order valence-corrected chi connectivity index (χ1v) is 7.71. The van der Waals surface area contributed by atoms with E-state index in [4.69, 9.17) is 16.1 Å². The highest BCUT2D eigenvalue weighted by molar-refractivity contribution is 7.60. The van der Waals surface area contributed by atoms with E-state index in [9.17, 15) is 4.57 Å². The molecule has 0 saturated heterocycles. The quantitative estimate of drug-likeness (QED) is 0.860. The smallest absolute Gasteiger partial charge is 0.338 e. The third-order valence-corrected chi connectivity index (χ3v) is 3.56. The third-order valence-electron chi connectivity index (χ3n) is 2.09. The van der Waals surface area contributed by atoms with Crippen LogP contribution in [0.4, 0.5) is 5.69 Å². The molecule has 2 aromatic rings. The maximum absolute atomic E-state index is 12.2. The van der Waals surface area contributed by atoms with Gasteiger partial charge < -0.3 is 9.61 Å². The van der Waals surface area contributed by atoms with Gasteiger partial charge in [-0.25, -0.2) is 0 Å². The molecule has 0 aliphatic heterocycles. The molecule has 0 fully saturated rings. The molecule has 18 heavy (non-hydrogen) atoms. The number of aromatic nitrogens is 1. The van der Waals surface area contributed by atoms with Crippen LogP contribution in [0.1, 0.15) is 0 Å². The lowest BCUT2D eigenvalue weighted by molar-refractivity contribution is 0.493. The zero-order valence-corrected chi connectivity index (χ0v) is 11.4. The average Bonchev–Trinajstić information content (AvgIpc) is 2.32. The zero-order chi connectivity index (χ0) is 13.0. The van der Waals surface area contributed by atoms with Gasteiger partial charge in [0, 0.05) is 17.9 Å². The van der Waals surface area contributed by atoms with E-state index < -0.39 is 7.52 Å². The highest BCUT2D eigenvalue weighted by Gasteiger charge is 2.17. The van der Waals surface area contributed by atoms with E-state index in [0.717, 1.165) is 0 Å². The second kappa shape index (κ2) is 5.42. The Bertz CT molecular complexity index is 560. The number of halogens is 1. The van der Waals surface area contributed by atoms with Gasteiger partial charge in [0.15, 0.2) is 0 Å². The highest BCUT2D eigenvalue weighted by Crippen LogP contribution is 2.43. The van der Waals surface area contributed by atoms with Crippen LogP contribution in [0.3, 0.4) is 0 Å². The number of hydrogen-bond acceptors (Lipinski definition) is 3. The summed E-state index contributed by atoms with van der Waals surface area (Å²) >= 11 is 5.76. The van der Waals surface area contributed by atoms with Gasteiger partial charge in [0.05, 0.1) is 11.9 Å². The summed E-state index contributed by atoms with van der Waals surface area (Å²) in [5, 5.41) is 3.42. The molecule has 1 heterocycles. The lowest BCUT2D eigenvalue weighted by Crippen LogP contribution is -2.02. The van der Waals surface area contributed by atoms with Crippen LogP contribution in [0.2, 0.25) is 5.02 Å². The summed E-state index contributed by atoms with van der Waals surface area (Å²) in [6.45, 7) is 1.51. The van der Waals surface area contributed by atoms with Crippen molar-refractivity contribution in [3.05, 3.63) is 53.8 Å². The normalized spacial score (nSPS) is 13.7. The Kier molecular flexibility index (Phi) is 3.90. The molecule has 1 N–H and O–H groups in total. The molecule has 0 unspecified atom stereocenters. The summed E-state index contributed by atoms with van der Waals surface area (Å²) in [7, 11) is -2.98. The Morgan fingerprint density at radius 3 is 2.61 bits per heavy atom. The second-order valence-electron chi connectivity index (χ2n) is 3.74. The number of hydrogen-bond donors (Lipinski definition) is 1. The zero-order valence-electron chi connectivity index (χ0n) is 9.71. The SMILES string of the molecule is C[P@](=O)(Nc1cccnc1)Oc1ccc(Cl)cc1. The van der Waals surface area contributed by atoms with Gasteiger partial charge in [-0.3, -0.25) is 9.55 Å². The van der Waals surface area contributed by atoms with Crippen molar-refractivity contribution in [1.29, 1.82) is 0 Å².